The highest BCUT2D eigenvalue weighted by Crippen LogP contribution is 2.24. The van der Waals surface area contributed by atoms with Gasteiger partial charge >= 0.3 is 5.97 Å². The van der Waals surface area contributed by atoms with Crippen molar-refractivity contribution < 1.29 is 9.53 Å². The lowest BCUT2D eigenvalue weighted by Gasteiger charge is -2.15. The Labute approximate surface area is 123 Å². The quantitative estimate of drug-likeness (QED) is 0.390. The molecule has 6 heteroatoms. The second-order valence-corrected chi connectivity index (χ2v) is 5.42. The van der Waals surface area contributed by atoms with Crippen LogP contribution in [0.25, 0.3) is 6.08 Å². The van der Waals surface area contributed by atoms with E-state index in [2.05, 4.69) is 20.0 Å². The van der Waals surface area contributed by atoms with E-state index in [0.717, 1.165) is 16.5 Å². The number of rotatable bonds is 5. The Hall–Kier alpha value is -1.56. The van der Waals surface area contributed by atoms with Gasteiger partial charge in [0.25, 0.3) is 0 Å². The van der Waals surface area contributed by atoms with E-state index in [-0.39, 0.29) is 5.97 Å². The molecule has 0 radical (unpaired) electrons. The van der Waals surface area contributed by atoms with Gasteiger partial charge in [-0.2, -0.15) is 0 Å². The second-order valence-electron chi connectivity index (χ2n) is 4.64. The summed E-state index contributed by atoms with van der Waals surface area (Å²) < 4.78 is 4.60. The van der Waals surface area contributed by atoms with Crippen LogP contribution in [0, 0.1) is 0 Å². The summed E-state index contributed by atoms with van der Waals surface area (Å²) in [5, 5.41) is 4.18. The van der Waals surface area contributed by atoms with Gasteiger partial charge in [0.2, 0.25) is 0 Å². The zero-order valence-electron chi connectivity index (χ0n) is 11.8. The summed E-state index contributed by atoms with van der Waals surface area (Å²) in [5.74, 6) is 0.405. The number of carbonyl (C=O) groups excluding carboxylic acids is 1. The third-order valence-corrected chi connectivity index (χ3v) is 3.84. The first-order valence-electron chi connectivity index (χ1n) is 6.66. The number of carbonyl (C=O) groups is 1. The van der Waals surface area contributed by atoms with Gasteiger partial charge in [0, 0.05) is 23.9 Å². The number of hydrogen-bond acceptors (Lipinski definition) is 6. The number of methoxy groups -OCH3 is 1. The Morgan fingerprint density at radius 2 is 2.25 bits per heavy atom. The van der Waals surface area contributed by atoms with E-state index in [1.165, 1.54) is 50.6 Å². The maximum atomic E-state index is 11.2. The third-order valence-electron chi connectivity index (χ3n) is 3.27. The topological polar surface area (TPSA) is 64.1 Å². The van der Waals surface area contributed by atoms with Gasteiger partial charge in [-0.25, -0.2) is 14.8 Å². The molecule has 2 rings (SSSR count). The number of ether oxygens (including phenoxy) is 1. The van der Waals surface area contributed by atoms with Crippen molar-refractivity contribution in [1.82, 2.24) is 9.97 Å². The third kappa shape index (κ3) is 3.96. The predicted molar refractivity (Wildman–Crippen MR) is 80.7 cm³/mol. The Morgan fingerprint density at radius 1 is 1.50 bits per heavy atom. The average molecular weight is 293 g/mol. The first kappa shape index (κ1) is 14.8. The van der Waals surface area contributed by atoms with Crippen molar-refractivity contribution in [3.8, 4) is 0 Å². The Morgan fingerprint density at radius 3 is 2.90 bits per heavy atom. The van der Waals surface area contributed by atoms with Crippen LogP contribution in [0.3, 0.4) is 0 Å². The van der Waals surface area contributed by atoms with E-state index >= 15 is 0 Å². The molecule has 1 N–H and O–H groups in total. The zero-order chi connectivity index (χ0) is 14.4. The highest BCUT2D eigenvalue weighted by Gasteiger charge is 2.16. The van der Waals surface area contributed by atoms with Crippen LogP contribution in [0.5, 0.6) is 0 Å². The molecule has 0 aliphatic heterocycles. The van der Waals surface area contributed by atoms with E-state index < -0.39 is 0 Å². The average Bonchev–Trinajstić information content (AvgIpc) is 2.98. The van der Waals surface area contributed by atoms with Crippen molar-refractivity contribution in [2.45, 2.75) is 36.9 Å². The summed E-state index contributed by atoms with van der Waals surface area (Å²) in [6, 6.07) is 0.463. The molecule has 1 saturated carbocycles. The molecular formula is C14H19N3O2S. The minimum absolute atomic E-state index is 0.384. The van der Waals surface area contributed by atoms with Crippen molar-refractivity contribution >= 4 is 29.6 Å². The van der Waals surface area contributed by atoms with Crippen LogP contribution < -0.4 is 5.32 Å². The maximum absolute atomic E-state index is 11.2. The number of aromatic nitrogens is 2. The molecule has 5 nitrogen and oxygen atoms in total. The van der Waals surface area contributed by atoms with Crippen molar-refractivity contribution in [2.75, 3.05) is 18.7 Å². The number of nitrogens with one attached hydrogen (secondary N) is 1. The second kappa shape index (κ2) is 7.28. The van der Waals surface area contributed by atoms with Crippen LogP contribution >= 0.6 is 11.8 Å². The standard InChI is InChI=1S/C14H19N3O2S/c1-19-12(18)8-7-10-9-15-14(20-2)17-13(10)16-11-5-3-4-6-11/h7-9,11H,3-6H2,1-2H3,(H,15,16,17)/b8-7+. The highest BCUT2D eigenvalue weighted by atomic mass is 32.2. The molecule has 0 spiro atoms. The van der Waals surface area contributed by atoms with Gasteiger partial charge < -0.3 is 10.1 Å². The normalized spacial score (nSPS) is 15.7. The van der Waals surface area contributed by atoms with E-state index in [0.29, 0.717) is 6.04 Å². The summed E-state index contributed by atoms with van der Waals surface area (Å²) in [5.41, 5.74) is 0.806. The Balaban J connectivity index is 2.20. The lowest BCUT2D eigenvalue weighted by atomic mass is 10.2. The smallest absolute Gasteiger partial charge is 0.330 e. The molecule has 1 aliphatic carbocycles. The Bertz CT molecular complexity index is 499. The fraction of sp³-hybridized carbons (Fsp3) is 0.500. The number of hydrogen-bond donors (Lipinski definition) is 1. The zero-order valence-corrected chi connectivity index (χ0v) is 12.6. The first-order chi connectivity index (χ1) is 9.72. The predicted octanol–water partition coefficient (Wildman–Crippen LogP) is 2.74. The monoisotopic (exact) mass is 293 g/mol. The summed E-state index contributed by atoms with van der Waals surface area (Å²) in [6.45, 7) is 0. The van der Waals surface area contributed by atoms with Gasteiger partial charge in [-0.3, -0.25) is 0 Å². The van der Waals surface area contributed by atoms with Crippen LogP contribution in [0.4, 0.5) is 5.82 Å². The maximum Gasteiger partial charge on any atom is 0.330 e. The number of thioether (sulfide) groups is 1. The lowest BCUT2D eigenvalue weighted by molar-refractivity contribution is -0.134. The number of nitrogens with zero attached hydrogens (tertiary/aromatic N) is 2. The van der Waals surface area contributed by atoms with Crippen LogP contribution in [-0.2, 0) is 9.53 Å². The molecule has 20 heavy (non-hydrogen) atoms. The molecule has 0 saturated heterocycles. The molecule has 0 amide bonds. The van der Waals surface area contributed by atoms with Crippen molar-refractivity contribution in [2.24, 2.45) is 0 Å². The van der Waals surface area contributed by atoms with Gasteiger partial charge in [0.1, 0.15) is 5.82 Å². The minimum atomic E-state index is -0.384. The molecule has 0 atom stereocenters. The number of esters is 1. The minimum Gasteiger partial charge on any atom is -0.466 e. The molecule has 1 aromatic heterocycles. The van der Waals surface area contributed by atoms with Gasteiger partial charge in [-0.1, -0.05) is 24.6 Å². The van der Waals surface area contributed by atoms with Crippen molar-refractivity contribution in [3.63, 3.8) is 0 Å². The van der Waals surface area contributed by atoms with Crippen LogP contribution in [0.2, 0.25) is 0 Å². The highest BCUT2D eigenvalue weighted by molar-refractivity contribution is 7.98. The molecule has 108 valence electrons. The lowest BCUT2D eigenvalue weighted by Crippen LogP contribution is -2.16. The SMILES string of the molecule is COC(=O)/C=C/c1cnc(SC)nc1NC1CCCC1. The van der Waals surface area contributed by atoms with Crippen LogP contribution in [-0.4, -0.2) is 35.3 Å². The molecule has 1 aromatic rings. The van der Waals surface area contributed by atoms with Crippen LogP contribution in [0.1, 0.15) is 31.2 Å². The Kier molecular flexibility index (Phi) is 5.40. The van der Waals surface area contributed by atoms with Crippen molar-refractivity contribution in [3.05, 3.63) is 17.8 Å². The molecule has 0 unspecified atom stereocenters. The molecular weight excluding hydrogens is 274 g/mol. The van der Waals surface area contributed by atoms with Gasteiger partial charge in [0.15, 0.2) is 5.16 Å². The van der Waals surface area contributed by atoms with Crippen molar-refractivity contribution in [1.29, 1.82) is 0 Å². The van der Waals surface area contributed by atoms with Gasteiger partial charge in [-0.05, 0) is 25.2 Å². The fourth-order valence-corrected chi connectivity index (χ4v) is 2.54. The van der Waals surface area contributed by atoms with E-state index in [1.807, 2.05) is 6.26 Å². The van der Waals surface area contributed by atoms with E-state index in [4.69, 9.17) is 0 Å². The van der Waals surface area contributed by atoms with Crippen LogP contribution in [0.15, 0.2) is 17.4 Å². The first-order valence-corrected chi connectivity index (χ1v) is 7.89. The number of anilines is 1. The van der Waals surface area contributed by atoms with E-state index in [9.17, 15) is 4.79 Å². The fourth-order valence-electron chi connectivity index (χ4n) is 2.20. The molecule has 0 aromatic carbocycles. The molecule has 1 aliphatic rings. The molecule has 0 bridgehead atoms. The van der Waals surface area contributed by atoms with Gasteiger partial charge in [-0.15, -0.1) is 0 Å². The molecule has 1 heterocycles. The largest absolute Gasteiger partial charge is 0.466 e. The summed E-state index contributed by atoms with van der Waals surface area (Å²) in [6.07, 6.45) is 11.6. The molecule has 1 fully saturated rings. The van der Waals surface area contributed by atoms with E-state index in [1.54, 1.807) is 12.3 Å². The van der Waals surface area contributed by atoms with Gasteiger partial charge in [0.05, 0.1) is 7.11 Å². The summed E-state index contributed by atoms with van der Waals surface area (Å²) >= 11 is 1.50. The summed E-state index contributed by atoms with van der Waals surface area (Å²) in [7, 11) is 1.36. The summed E-state index contributed by atoms with van der Waals surface area (Å²) in [4.78, 5) is 19.9.